The Morgan fingerprint density at radius 1 is 1.35 bits per heavy atom. The van der Waals surface area contributed by atoms with Gasteiger partial charge in [-0.2, -0.15) is 0 Å². The summed E-state index contributed by atoms with van der Waals surface area (Å²) in [5, 5.41) is 3.02. The van der Waals surface area contributed by atoms with Crippen molar-refractivity contribution in [3.8, 4) is 0 Å². The van der Waals surface area contributed by atoms with Gasteiger partial charge in [0.15, 0.2) is 0 Å². The van der Waals surface area contributed by atoms with Gasteiger partial charge in [-0.25, -0.2) is 13.1 Å². The molecule has 1 heterocycles. The summed E-state index contributed by atoms with van der Waals surface area (Å²) in [4.78, 5) is 1.34. The highest BCUT2D eigenvalue weighted by atomic mass is 79.9. The van der Waals surface area contributed by atoms with Gasteiger partial charge in [0.2, 0.25) is 10.0 Å². The topological polar surface area (TPSA) is 58.2 Å². The zero-order chi connectivity index (χ0) is 15.2. The molecular weight excluding hydrogens is 360 g/mol. The molecule has 0 aromatic carbocycles. The monoisotopic (exact) mass is 382 g/mol. The van der Waals surface area contributed by atoms with Gasteiger partial charge in [0.05, 0.1) is 3.79 Å². The fourth-order valence-electron chi connectivity index (χ4n) is 1.80. The summed E-state index contributed by atoms with van der Waals surface area (Å²) in [6.45, 7) is 5.53. The summed E-state index contributed by atoms with van der Waals surface area (Å²) in [6.07, 6.45) is 3.06. The molecule has 0 saturated heterocycles. The van der Waals surface area contributed by atoms with Gasteiger partial charge in [0.25, 0.3) is 0 Å². The van der Waals surface area contributed by atoms with Crippen LogP contribution in [0.25, 0.3) is 0 Å². The first-order valence-corrected chi connectivity index (χ1v) is 9.88. The molecule has 0 aliphatic rings. The predicted molar refractivity (Wildman–Crippen MR) is 88.7 cm³/mol. The van der Waals surface area contributed by atoms with Crippen molar-refractivity contribution in [1.29, 1.82) is 0 Å². The molecule has 0 saturated carbocycles. The maximum atomic E-state index is 12.2. The maximum Gasteiger partial charge on any atom is 0.242 e. The molecule has 20 heavy (non-hydrogen) atoms. The van der Waals surface area contributed by atoms with Crippen LogP contribution in [0, 0.1) is 5.92 Å². The predicted octanol–water partition coefficient (Wildman–Crippen LogP) is 3.33. The zero-order valence-electron chi connectivity index (χ0n) is 12.2. The molecule has 1 aromatic rings. The van der Waals surface area contributed by atoms with Crippen LogP contribution in [0.2, 0.25) is 0 Å². The van der Waals surface area contributed by atoms with E-state index in [0.717, 1.165) is 24.1 Å². The van der Waals surface area contributed by atoms with Gasteiger partial charge in [-0.1, -0.05) is 26.7 Å². The lowest BCUT2D eigenvalue weighted by Gasteiger charge is -2.07. The lowest BCUT2D eigenvalue weighted by molar-refractivity contribution is 0.530. The Balaban J connectivity index is 2.55. The van der Waals surface area contributed by atoms with E-state index in [0.29, 0.717) is 27.7 Å². The van der Waals surface area contributed by atoms with Crippen molar-refractivity contribution in [2.45, 2.75) is 44.6 Å². The van der Waals surface area contributed by atoms with E-state index in [1.807, 2.05) is 7.05 Å². The van der Waals surface area contributed by atoms with E-state index in [4.69, 9.17) is 0 Å². The molecule has 0 atom stereocenters. The van der Waals surface area contributed by atoms with Crippen LogP contribution in [0.5, 0.6) is 0 Å². The van der Waals surface area contributed by atoms with Crippen LogP contribution >= 0.6 is 27.3 Å². The minimum absolute atomic E-state index is 0.344. The molecule has 1 aromatic heterocycles. The minimum atomic E-state index is -3.40. The Kier molecular flexibility index (Phi) is 7.68. The standard InChI is InChI=1S/C13H23BrN2O2S2/c1-10(2)6-4-5-7-16-20(17,18)12-8-11(9-15-3)19-13(12)14/h8,10,15-16H,4-7,9H2,1-3H3. The SMILES string of the molecule is CNCc1cc(S(=O)(=O)NCCCCC(C)C)c(Br)s1. The smallest absolute Gasteiger partial charge is 0.242 e. The summed E-state index contributed by atoms with van der Waals surface area (Å²) in [6, 6.07) is 1.72. The van der Waals surface area contributed by atoms with E-state index in [1.54, 1.807) is 6.07 Å². The van der Waals surface area contributed by atoms with Gasteiger partial charge in [-0.3, -0.25) is 0 Å². The summed E-state index contributed by atoms with van der Waals surface area (Å²) in [7, 11) is -1.56. The Morgan fingerprint density at radius 2 is 2.05 bits per heavy atom. The molecular formula is C13H23BrN2O2S2. The van der Waals surface area contributed by atoms with Crippen molar-refractivity contribution < 1.29 is 8.42 Å². The molecule has 0 fully saturated rings. The van der Waals surface area contributed by atoms with Crippen molar-refractivity contribution in [1.82, 2.24) is 10.0 Å². The molecule has 0 amide bonds. The van der Waals surface area contributed by atoms with Crippen molar-refractivity contribution in [2.75, 3.05) is 13.6 Å². The number of hydrogen-bond acceptors (Lipinski definition) is 4. The molecule has 7 heteroatoms. The lowest BCUT2D eigenvalue weighted by atomic mass is 10.1. The van der Waals surface area contributed by atoms with Crippen LogP contribution < -0.4 is 10.0 Å². The molecule has 0 aliphatic carbocycles. The van der Waals surface area contributed by atoms with Gasteiger partial charge >= 0.3 is 0 Å². The molecule has 1 rings (SSSR count). The molecule has 0 bridgehead atoms. The average molecular weight is 383 g/mol. The third kappa shape index (κ3) is 5.81. The van der Waals surface area contributed by atoms with E-state index in [2.05, 4.69) is 39.8 Å². The van der Waals surface area contributed by atoms with E-state index >= 15 is 0 Å². The summed E-state index contributed by atoms with van der Waals surface area (Å²) in [5.41, 5.74) is 0. The van der Waals surface area contributed by atoms with Gasteiger partial charge in [-0.15, -0.1) is 11.3 Å². The highest BCUT2D eigenvalue weighted by Gasteiger charge is 2.20. The molecule has 116 valence electrons. The highest BCUT2D eigenvalue weighted by molar-refractivity contribution is 9.11. The van der Waals surface area contributed by atoms with Crippen molar-refractivity contribution in [2.24, 2.45) is 5.92 Å². The van der Waals surface area contributed by atoms with Gasteiger partial charge in [-0.05, 0) is 41.4 Å². The Hall–Kier alpha value is 0.0500. The normalized spacial score (nSPS) is 12.2. The fourth-order valence-corrected chi connectivity index (χ4v) is 5.57. The first-order chi connectivity index (χ1) is 9.36. The lowest BCUT2D eigenvalue weighted by Crippen LogP contribution is -2.24. The Labute approximate surface area is 134 Å². The van der Waals surface area contributed by atoms with Crippen LogP contribution in [-0.2, 0) is 16.6 Å². The first kappa shape index (κ1) is 18.1. The number of thiophene rings is 1. The highest BCUT2D eigenvalue weighted by Crippen LogP contribution is 2.31. The second kappa shape index (κ2) is 8.48. The molecule has 0 spiro atoms. The molecule has 0 aliphatic heterocycles. The zero-order valence-corrected chi connectivity index (χ0v) is 15.4. The minimum Gasteiger partial charge on any atom is -0.315 e. The summed E-state index contributed by atoms with van der Waals surface area (Å²) >= 11 is 4.78. The summed E-state index contributed by atoms with van der Waals surface area (Å²) < 4.78 is 27.8. The number of hydrogen-bond donors (Lipinski definition) is 2. The third-order valence-electron chi connectivity index (χ3n) is 2.85. The van der Waals surface area contributed by atoms with Gasteiger partial charge in [0, 0.05) is 18.0 Å². The van der Waals surface area contributed by atoms with Gasteiger partial charge < -0.3 is 5.32 Å². The van der Waals surface area contributed by atoms with Crippen molar-refractivity contribution in [3.63, 3.8) is 0 Å². The van der Waals surface area contributed by atoms with Crippen molar-refractivity contribution in [3.05, 3.63) is 14.7 Å². The fraction of sp³-hybridized carbons (Fsp3) is 0.692. The van der Waals surface area contributed by atoms with E-state index in [1.165, 1.54) is 11.3 Å². The van der Waals surface area contributed by atoms with Crippen LogP contribution in [0.3, 0.4) is 0 Å². The maximum absolute atomic E-state index is 12.2. The van der Waals surface area contributed by atoms with Crippen LogP contribution in [0.1, 0.15) is 38.0 Å². The number of halogens is 1. The number of unbranched alkanes of at least 4 members (excludes halogenated alkanes) is 1. The van der Waals surface area contributed by atoms with E-state index < -0.39 is 10.0 Å². The number of nitrogens with one attached hydrogen (secondary N) is 2. The van der Waals surface area contributed by atoms with Crippen LogP contribution in [0.4, 0.5) is 0 Å². The number of rotatable bonds is 9. The van der Waals surface area contributed by atoms with Crippen LogP contribution in [-0.4, -0.2) is 22.0 Å². The second-order valence-corrected chi connectivity index (χ2v) is 9.36. The average Bonchev–Trinajstić information content (AvgIpc) is 2.70. The first-order valence-electron chi connectivity index (χ1n) is 6.79. The largest absolute Gasteiger partial charge is 0.315 e. The summed E-state index contributed by atoms with van der Waals surface area (Å²) in [5.74, 6) is 0.668. The Morgan fingerprint density at radius 3 is 2.65 bits per heavy atom. The Bertz CT molecular complexity index is 512. The molecule has 4 nitrogen and oxygen atoms in total. The molecule has 0 unspecified atom stereocenters. The van der Waals surface area contributed by atoms with E-state index in [9.17, 15) is 8.42 Å². The number of sulfonamides is 1. The van der Waals surface area contributed by atoms with Gasteiger partial charge in [0.1, 0.15) is 4.90 Å². The quantitative estimate of drug-likeness (QED) is 0.643. The molecule has 0 radical (unpaired) electrons. The van der Waals surface area contributed by atoms with Crippen LogP contribution in [0.15, 0.2) is 14.7 Å². The van der Waals surface area contributed by atoms with Crippen molar-refractivity contribution >= 4 is 37.3 Å². The molecule has 2 N–H and O–H groups in total. The van der Waals surface area contributed by atoms with E-state index in [-0.39, 0.29) is 0 Å². The third-order valence-corrected chi connectivity index (χ3v) is 6.56. The second-order valence-electron chi connectivity index (χ2n) is 5.17.